The van der Waals surface area contributed by atoms with Gasteiger partial charge in [-0.15, -0.1) is 0 Å². The molecular formula is C29H25BO6. The van der Waals surface area contributed by atoms with E-state index in [0.717, 1.165) is 27.4 Å². The van der Waals surface area contributed by atoms with E-state index in [0.29, 0.717) is 35.1 Å². The minimum Gasteiger partial charge on any atom is -0.426 e. The third kappa shape index (κ3) is 3.85. The summed E-state index contributed by atoms with van der Waals surface area (Å²) in [6.45, 7) is 4.84. The largest absolute Gasteiger partial charge is 0.494 e. The Labute approximate surface area is 209 Å². The molecule has 2 aliphatic rings. The van der Waals surface area contributed by atoms with Crippen LogP contribution in [0.1, 0.15) is 44.4 Å². The second-order valence-electron chi connectivity index (χ2n) is 9.80. The lowest BCUT2D eigenvalue weighted by Crippen LogP contribution is -2.54. The van der Waals surface area contributed by atoms with Crippen LogP contribution in [0.2, 0.25) is 0 Å². The number of hydrogen-bond donors (Lipinski definition) is 0. The molecule has 0 unspecified atom stereocenters. The molecule has 0 amide bonds. The van der Waals surface area contributed by atoms with Gasteiger partial charge in [-0.1, -0.05) is 54.6 Å². The van der Waals surface area contributed by atoms with Crippen molar-refractivity contribution in [3.05, 3.63) is 77.9 Å². The van der Waals surface area contributed by atoms with Crippen LogP contribution in [0.25, 0.3) is 21.5 Å². The maximum Gasteiger partial charge on any atom is 0.494 e. The highest BCUT2D eigenvalue weighted by Crippen LogP contribution is 2.54. The Morgan fingerprint density at radius 1 is 0.889 bits per heavy atom. The normalized spacial score (nSPS) is 20.8. The van der Waals surface area contributed by atoms with Crippen molar-refractivity contribution in [3.8, 4) is 11.5 Å². The molecule has 2 bridgehead atoms. The van der Waals surface area contributed by atoms with E-state index in [-0.39, 0.29) is 0 Å². The molecular weight excluding hydrogens is 455 g/mol. The van der Waals surface area contributed by atoms with Gasteiger partial charge in [-0.2, -0.15) is 0 Å². The third-order valence-electron chi connectivity index (χ3n) is 6.95. The summed E-state index contributed by atoms with van der Waals surface area (Å²) in [5.74, 6) is 0.0778. The molecule has 6 nitrogen and oxygen atoms in total. The smallest absolute Gasteiger partial charge is 0.426 e. The highest BCUT2D eigenvalue weighted by atomic mass is 16.6. The Morgan fingerprint density at radius 2 is 1.47 bits per heavy atom. The van der Waals surface area contributed by atoms with Crippen molar-refractivity contribution in [2.45, 2.75) is 45.3 Å². The Morgan fingerprint density at radius 3 is 2.11 bits per heavy atom. The van der Waals surface area contributed by atoms with Crippen molar-refractivity contribution in [1.82, 2.24) is 0 Å². The lowest BCUT2D eigenvalue weighted by molar-refractivity contribution is -0.133. The van der Waals surface area contributed by atoms with Crippen LogP contribution >= 0.6 is 0 Å². The van der Waals surface area contributed by atoms with Gasteiger partial charge < -0.3 is 18.8 Å². The van der Waals surface area contributed by atoms with Gasteiger partial charge in [0, 0.05) is 48.6 Å². The van der Waals surface area contributed by atoms with Crippen molar-refractivity contribution in [2.75, 3.05) is 0 Å². The molecule has 0 N–H and O–H groups in total. The molecule has 0 aromatic heterocycles. The molecule has 7 heteroatoms. The molecule has 0 saturated carbocycles. The molecule has 36 heavy (non-hydrogen) atoms. The number of carbonyl (C=O) groups excluding carboxylic acids is 2. The average molecular weight is 480 g/mol. The number of rotatable bonds is 3. The van der Waals surface area contributed by atoms with E-state index < -0.39 is 30.8 Å². The van der Waals surface area contributed by atoms with Crippen molar-refractivity contribution in [3.63, 3.8) is 0 Å². The van der Waals surface area contributed by atoms with Crippen molar-refractivity contribution in [2.24, 2.45) is 0 Å². The first kappa shape index (κ1) is 22.8. The predicted molar refractivity (Wildman–Crippen MR) is 138 cm³/mol. The third-order valence-corrected chi connectivity index (χ3v) is 6.95. The molecule has 180 valence electrons. The number of esters is 2. The molecule has 4 aromatic rings. The maximum atomic E-state index is 12.3. The second kappa shape index (κ2) is 8.47. The maximum absolute atomic E-state index is 12.3. The Balaban J connectivity index is 1.64. The fourth-order valence-electron chi connectivity index (χ4n) is 5.55. The summed E-state index contributed by atoms with van der Waals surface area (Å²) in [5, 5.41) is 3.39. The van der Waals surface area contributed by atoms with E-state index in [2.05, 4.69) is 6.92 Å². The SMILES string of the molecule is CC(=O)Oc1c2c(c(OC(C)=O)c3cc4ccccc4cc13)[C@@H]1C[C@](C)(C2)OB(c2ccccc2)O1. The quantitative estimate of drug-likeness (QED) is 0.177. The van der Waals surface area contributed by atoms with Gasteiger partial charge in [0.2, 0.25) is 0 Å². The van der Waals surface area contributed by atoms with Gasteiger partial charge in [-0.25, -0.2) is 0 Å². The fourth-order valence-corrected chi connectivity index (χ4v) is 5.55. The molecule has 0 spiro atoms. The first-order chi connectivity index (χ1) is 17.3. The minimum absolute atomic E-state index is 0.419. The number of fused-ring (bicyclic) bond motifs is 6. The summed E-state index contributed by atoms with van der Waals surface area (Å²) in [7, 11) is -0.572. The lowest BCUT2D eigenvalue weighted by atomic mass is 9.69. The van der Waals surface area contributed by atoms with Crippen molar-refractivity contribution >= 4 is 46.1 Å². The van der Waals surface area contributed by atoms with E-state index >= 15 is 0 Å². The van der Waals surface area contributed by atoms with E-state index in [1.54, 1.807) is 0 Å². The number of ether oxygens (including phenoxy) is 2. The van der Waals surface area contributed by atoms with Gasteiger partial charge in [0.05, 0.1) is 11.7 Å². The van der Waals surface area contributed by atoms with Crippen LogP contribution in [0.5, 0.6) is 11.5 Å². The first-order valence-corrected chi connectivity index (χ1v) is 12.1. The minimum atomic E-state index is -0.572. The van der Waals surface area contributed by atoms with Gasteiger partial charge in [0.15, 0.2) is 0 Å². The summed E-state index contributed by atoms with van der Waals surface area (Å²) in [6, 6.07) is 21.7. The summed E-state index contributed by atoms with van der Waals surface area (Å²) >= 11 is 0. The molecule has 1 heterocycles. The van der Waals surface area contributed by atoms with Crippen molar-refractivity contribution in [1.29, 1.82) is 0 Å². The molecule has 0 radical (unpaired) electrons. The zero-order chi connectivity index (χ0) is 25.0. The molecule has 1 fully saturated rings. The highest BCUT2D eigenvalue weighted by Gasteiger charge is 2.49. The molecule has 2 atom stereocenters. The van der Waals surface area contributed by atoms with Gasteiger partial charge in [-0.3, -0.25) is 9.59 Å². The Bertz CT molecular complexity index is 1530. The van der Waals surface area contributed by atoms with Gasteiger partial charge in [0.1, 0.15) is 11.5 Å². The van der Waals surface area contributed by atoms with Crippen LogP contribution < -0.4 is 14.9 Å². The summed E-state index contributed by atoms with van der Waals surface area (Å²) in [5.41, 5.74) is 1.86. The number of carbonyl (C=O) groups is 2. The van der Waals surface area contributed by atoms with E-state index in [9.17, 15) is 9.59 Å². The average Bonchev–Trinajstić information content (AvgIpc) is 2.84. The van der Waals surface area contributed by atoms with Crippen LogP contribution in [0, 0.1) is 0 Å². The Kier molecular flexibility index (Phi) is 5.36. The fraction of sp³-hybridized carbons (Fsp3) is 0.241. The van der Waals surface area contributed by atoms with Gasteiger partial charge in [-0.05, 0) is 35.3 Å². The summed E-state index contributed by atoms with van der Waals surface area (Å²) in [4.78, 5) is 24.6. The summed E-state index contributed by atoms with van der Waals surface area (Å²) < 4.78 is 24.7. The zero-order valence-corrected chi connectivity index (χ0v) is 20.4. The monoisotopic (exact) mass is 480 g/mol. The van der Waals surface area contributed by atoms with Crippen molar-refractivity contribution < 1.29 is 28.4 Å². The van der Waals surface area contributed by atoms with Crippen LogP contribution in [-0.2, 0) is 25.3 Å². The number of hydrogen-bond acceptors (Lipinski definition) is 6. The molecule has 1 aliphatic carbocycles. The predicted octanol–water partition coefficient (Wildman–Crippen LogP) is 5.03. The van der Waals surface area contributed by atoms with Crippen LogP contribution in [0.4, 0.5) is 0 Å². The van der Waals surface area contributed by atoms with Crippen LogP contribution in [0.15, 0.2) is 66.7 Å². The van der Waals surface area contributed by atoms with Crippen LogP contribution in [0.3, 0.4) is 0 Å². The highest BCUT2D eigenvalue weighted by molar-refractivity contribution is 6.61. The number of benzene rings is 4. The second-order valence-corrected chi connectivity index (χ2v) is 9.80. The Hall–Kier alpha value is -3.68. The molecule has 1 aliphatic heterocycles. The molecule has 4 aromatic carbocycles. The van der Waals surface area contributed by atoms with E-state index in [1.807, 2.05) is 66.7 Å². The summed E-state index contributed by atoms with van der Waals surface area (Å²) in [6.07, 6.45) is 0.638. The van der Waals surface area contributed by atoms with Gasteiger partial charge in [0.25, 0.3) is 0 Å². The topological polar surface area (TPSA) is 71.1 Å². The van der Waals surface area contributed by atoms with E-state index in [1.165, 1.54) is 13.8 Å². The first-order valence-electron chi connectivity index (χ1n) is 12.1. The molecule has 1 saturated heterocycles. The molecule has 6 rings (SSSR count). The standard InChI is InChI=1S/C29H25BO6/c1-17(31)33-27-22-13-19-9-7-8-10-20(19)14-23(22)28(34-18(2)32)26-24(27)15-29(3)16-25(26)35-30(36-29)21-11-5-4-6-12-21/h4-14,25H,15-16H2,1-3H3/t25-,29-/m0/s1. The van der Waals surface area contributed by atoms with Crippen LogP contribution in [-0.4, -0.2) is 24.7 Å². The zero-order valence-electron chi connectivity index (χ0n) is 20.4. The lowest BCUT2D eigenvalue weighted by Gasteiger charge is -2.47. The van der Waals surface area contributed by atoms with Gasteiger partial charge >= 0.3 is 19.1 Å². The van der Waals surface area contributed by atoms with E-state index in [4.69, 9.17) is 18.8 Å².